The molecule has 0 radical (unpaired) electrons. The molecule has 4 heteroatoms. The van der Waals surface area contributed by atoms with E-state index in [0.717, 1.165) is 46.7 Å². The molecule has 24 heavy (non-hydrogen) atoms. The van der Waals surface area contributed by atoms with Crippen LogP contribution in [0.5, 0.6) is 5.75 Å². The van der Waals surface area contributed by atoms with Crippen LogP contribution in [0.1, 0.15) is 37.9 Å². The Bertz CT molecular complexity index is 669. The predicted octanol–water partition coefficient (Wildman–Crippen LogP) is 5.62. The van der Waals surface area contributed by atoms with Gasteiger partial charge in [0, 0.05) is 17.7 Å². The van der Waals surface area contributed by atoms with Crippen LogP contribution in [0.3, 0.4) is 0 Å². The van der Waals surface area contributed by atoms with Crippen LogP contribution >= 0.6 is 11.6 Å². The molecule has 0 bridgehead atoms. The van der Waals surface area contributed by atoms with Gasteiger partial charge < -0.3 is 14.2 Å². The summed E-state index contributed by atoms with van der Waals surface area (Å²) in [6.07, 6.45) is 3.00. The molecule has 128 valence electrons. The number of rotatable bonds is 5. The van der Waals surface area contributed by atoms with Crippen molar-refractivity contribution in [1.29, 1.82) is 0 Å². The van der Waals surface area contributed by atoms with Gasteiger partial charge in [-0.2, -0.15) is 0 Å². The first-order valence-electron chi connectivity index (χ1n) is 8.42. The quantitative estimate of drug-likeness (QED) is 0.703. The van der Waals surface area contributed by atoms with Crippen molar-refractivity contribution in [1.82, 2.24) is 0 Å². The molecule has 1 aliphatic rings. The molecular weight excluding hydrogens is 324 g/mol. The molecule has 2 aromatic carbocycles. The summed E-state index contributed by atoms with van der Waals surface area (Å²) in [4.78, 5) is 0. The van der Waals surface area contributed by atoms with E-state index in [1.165, 1.54) is 0 Å². The molecule has 1 heterocycles. The van der Waals surface area contributed by atoms with Crippen molar-refractivity contribution in [3.05, 3.63) is 53.1 Å². The Balaban J connectivity index is 1.86. The number of ether oxygens (including phenoxy) is 3. The fourth-order valence-corrected chi connectivity index (χ4v) is 3.30. The largest absolute Gasteiger partial charge is 0.494 e. The van der Waals surface area contributed by atoms with E-state index >= 15 is 0 Å². The lowest BCUT2D eigenvalue weighted by Crippen LogP contribution is -2.23. The Morgan fingerprint density at radius 2 is 1.92 bits per heavy atom. The molecule has 2 atom stereocenters. The maximum atomic E-state index is 6.43. The highest BCUT2D eigenvalue weighted by molar-refractivity contribution is 6.33. The minimum atomic E-state index is -0.117. The zero-order chi connectivity index (χ0) is 16.9. The molecule has 1 saturated heterocycles. The average molecular weight is 347 g/mol. The van der Waals surface area contributed by atoms with Crippen LogP contribution in [0.2, 0.25) is 5.02 Å². The van der Waals surface area contributed by atoms with Crippen LogP contribution in [-0.4, -0.2) is 20.0 Å². The molecule has 0 aliphatic carbocycles. The maximum Gasteiger partial charge on any atom is 0.158 e. The minimum absolute atomic E-state index is 0.0578. The van der Waals surface area contributed by atoms with E-state index in [4.69, 9.17) is 25.8 Å². The van der Waals surface area contributed by atoms with Crippen LogP contribution in [0.25, 0.3) is 11.1 Å². The normalized spacial score (nSPS) is 20.8. The van der Waals surface area contributed by atoms with Crippen LogP contribution < -0.4 is 4.74 Å². The van der Waals surface area contributed by atoms with Crippen molar-refractivity contribution < 1.29 is 14.2 Å². The third-order valence-corrected chi connectivity index (χ3v) is 4.65. The lowest BCUT2D eigenvalue weighted by Gasteiger charge is -2.29. The number of benzene rings is 2. The first-order valence-corrected chi connectivity index (χ1v) is 8.80. The predicted molar refractivity (Wildman–Crippen MR) is 96.5 cm³/mol. The third kappa shape index (κ3) is 3.92. The smallest absolute Gasteiger partial charge is 0.158 e. The second-order valence-electron chi connectivity index (χ2n) is 5.92. The molecule has 0 amide bonds. The van der Waals surface area contributed by atoms with E-state index in [1.54, 1.807) is 7.11 Å². The van der Waals surface area contributed by atoms with Gasteiger partial charge in [0.2, 0.25) is 0 Å². The standard InChI is InChI=1S/C20H23ClO3/c1-3-23-16-10-7-14(8-11-16)17-13-15(9-12-18(17)21)19-5-4-6-20(22-2)24-19/h7-13,19-20H,3-6H2,1-2H3. The molecule has 3 rings (SSSR count). The van der Waals surface area contributed by atoms with Crippen molar-refractivity contribution in [2.45, 2.75) is 38.6 Å². The van der Waals surface area contributed by atoms with Crippen molar-refractivity contribution in [2.75, 3.05) is 13.7 Å². The summed E-state index contributed by atoms with van der Waals surface area (Å²) in [5, 5.41) is 0.738. The molecule has 1 fully saturated rings. The molecule has 3 nitrogen and oxygen atoms in total. The van der Waals surface area contributed by atoms with E-state index in [1.807, 2.05) is 43.3 Å². The van der Waals surface area contributed by atoms with Crippen molar-refractivity contribution >= 4 is 11.6 Å². The second kappa shape index (κ2) is 8.02. The zero-order valence-corrected chi connectivity index (χ0v) is 14.9. The van der Waals surface area contributed by atoms with Gasteiger partial charge in [-0.1, -0.05) is 29.8 Å². The Morgan fingerprint density at radius 1 is 1.12 bits per heavy atom. The molecule has 2 unspecified atom stereocenters. The van der Waals surface area contributed by atoms with E-state index in [9.17, 15) is 0 Å². The van der Waals surface area contributed by atoms with Crippen molar-refractivity contribution in [3.63, 3.8) is 0 Å². The first kappa shape index (κ1) is 17.3. The van der Waals surface area contributed by atoms with Gasteiger partial charge in [0.05, 0.1) is 12.7 Å². The van der Waals surface area contributed by atoms with Crippen LogP contribution in [0.15, 0.2) is 42.5 Å². The van der Waals surface area contributed by atoms with Gasteiger partial charge in [0.15, 0.2) is 6.29 Å². The average Bonchev–Trinajstić information content (AvgIpc) is 2.63. The number of halogens is 1. The maximum absolute atomic E-state index is 6.43. The van der Waals surface area contributed by atoms with E-state index < -0.39 is 0 Å². The van der Waals surface area contributed by atoms with Crippen molar-refractivity contribution in [3.8, 4) is 16.9 Å². The Labute approximate surface area is 148 Å². The zero-order valence-electron chi connectivity index (χ0n) is 14.1. The highest BCUT2D eigenvalue weighted by atomic mass is 35.5. The third-order valence-electron chi connectivity index (χ3n) is 4.32. The molecule has 1 aliphatic heterocycles. The molecule has 0 aromatic heterocycles. The highest BCUT2D eigenvalue weighted by Gasteiger charge is 2.24. The summed E-state index contributed by atoms with van der Waals surface area (Å²) in [5.74, 6) is 0.868. The topological polar surface area (TPSA) is 27.7 Å². The summed E-state index contributed by atoms with van der Waals surface area (Å²) >= 11 is 6.43. The summed E-state index contributed by atoms with van der Waals surface area (Å²) in [6.45, 7) is 2.64. The van der Waals surface area contributed by atoms with Gasteiger partial charge in [0.25, 0.3) is 0 Å². The number of hydrogen-bond donors (Lipinski definition) is 0. The van der Waals surface area contributed by atoms with Gasteiger partial charge in [-0.3, -0.25) is 0 Å². The lowest BCUT2D eigenvalue weighted by atomic mass is 9.96. The SMILES string of the molecule is CCOc1ccc(-c2cc(C3CCCC(OC)O3)ccc2Cl)cc1. The van der Waals surface area contributed by atoms with Gasteiger partial charge in [-0.15, -0.1) is 0 Å². The van der Waals surface area contributed by atoms with Gasteiger partial charge >= 0.3 is 0 Å². The monoisotopic (exact) mass is 346 g/mol. The minimum Gasteiger partial charge on any atom is -0.494 e. The van der Waals surface area contributed by atoms with E-state index in [0.29, 0.717) is 6.61 Å². The molecule has 2 aromatic rings. The summed E-state index contributed by atoms with van der Waals surface area (Å²) in [6, 6.07) is 14.1. The Hall–Kier alpha value is -1.55. The van der Waals surface area contributed by atoms with Crippen molar-refractivity contribution in [2.24, 2.45) is 0 Å². The molecule has 0 spiro atoms. The lowest BCUT2D eigenvalue weighted by molar-refractivity contribution is -0.182. The highest BCUT2D eigenvalue weighted by Crippen LogP contribution is 2.36. The van der Waals surface area contributed by atoms with Gasteiger partial charge in [-0.25, -0.2) is 0 Å². The Morgan fingerprint density at radius 3 is 2.62 bits per heavy atom. The number of hydrogen-bond acceptors (Lipinski definition) is 3. The number of methoxy groups -OCH3 is 1. The van der Waals surface area contributed by atoms with E-state index in [2.05, 4.69) is 6.07 Å². The molecular formula is C20H23ClO3. The summed E-state index contributed by atoms with van der Waals surface area (Å²) in [7, 11) is 1.69. The van der Waals surface area contributed by atoms with Crippen LogP contribution in [0.4, 0.5) is 0 Å². The second-order valence-corrected chi connectivity index (χ2v) is 6.32. The van der Waals surface area contributed by atoms with Crippen LogP contribution in [-0.2, 0) is 9.47 Å². The first-order chi connectivity index (χ1) is 11.7. The Kier molecular flexibility index (Phi) is 5.77. The molecule has 0 saturated carbocycles. The van der Waals surface area contributed by atoms with Gasteiger partial charge in [-0.05, 0) is 61.6 Å². The molecule has 0 N–H and O–H groups in total. The fraction of sp³-hybridized carbons (Fsp3) is 0.400. The summed E-state index contributed by atoms with van der Waals surface area (Å²) in [5.41, 5.74) is 3.23. The summed E-state index contributed by atoms with van der Waals surface area (Å²) < 4.78 is 16.9. The van der Waals surface area contributed by atoms with Crippen LogP contribution in [0, 0.1) is 0 Å². The van der Waals surface area contributed by atoms with Gasteiger partial charge in [0.1, 0.15) is 5.75 Å². The van der Waals surface area contributed by atoms with E-state index in [-0.39, 0.29) is 12.4 Å². The fourth-order valence-electron chi connectivity index (χ4n) is 3.07.